The predicted molar refractivity (Wildman–Crippen MR) is 443 cm³/mol. The third kappa shape index (κ3) is 12.3. The fourth-order valence-corrected chi connectivity index (χ4v) is 14.9. The number of rotatable bonds is 12. The van der Waals surface area contributed by atoms with E-state index in [9.17, 15) is 0 Å². The van der Waals surface area contributed by atoms with E-state index in [0.717, 1.165) is 45.5 Å². The van der Waals surface area contributed by atoms with Crippen molar-refractivity contribution in [3.05, 3.63) is 406 Å². The van der Waals surface area contributed by atoms with Crippen LogP contribution >= 0.6 is 0 Å². The summed E-state index contributed by atoms with van der Waals surface area (Å²) in [6.45, 7) is 0. The Balaban J connectivity index is 0.000000111. The normalized spacial score (nSPS) is 11.3. The molecule has 0 saturated heterocycles. The molecule has 0 bridgehead atoms. The highest BCUT2D eigenvalue weighted by atomic mass is 15.0. The van der Waals surface area contributed by atoms with Crippen LogP contribution < -0.4 is 16.0 Å². The molecule has 492 valence electrons. The molecule has 104 heavy (non-hydrogen) atoms. The largest absolute Gasteiger partial charge is 0.356 e. The molecule has 0 amide bonds. The van der Waals surface area contributed by atoms with Crippen molar-refractivity contribution in [3.8, 4) is 50.4 Å². The molecule has 3 aromatic heterocycles. The molecular weight excluding hydrogens is 1260 g/mol. The van der Waals surface area contributed by atoms with Crippen LogP contribution in [0.4, 0.5) is 34.1 Å². The van der Waals surface area contributed by atoms with Crippen molar-refractivity contribution < 1.29 is 0 Å². The van der Waals surface area contributed by atoms with Gasteiger partial charge in [-0.05, 0) is 189 Å². The first-order valence-electron chi connectivity index (χ1n) is 35.5. The van der Waals surface area contributed by atoms with Crippen molar-refractivity contribution in [1.82, 2.24) is 13.7 Å². The van der Waals surface area contributed by atoms with Crippen LogP contribution in [-0.2, 0) is 0 Å². The van der Waals surface area contributed by atoms with Gasteiger partial charge in [-0.25, -0.2) is 0 Å². The number of nitrogens with zero attached hydrogens (tertiary/aromatic N) is 3. The van der Waals surface area contributed by atoms with Crippen LogP contribution in [0.15, 0.2) is 406 Å². The summed E-state index contributed by atoms with van der Waals surface area (Å²) in [7, 11) is 0. The third-order valence-corrected chi connectivity index (χ3v) is 19.9. The number of benzene rings is 17. The lowest BCUT2D eigenvalue weighted by Crippen LogP contribution is -1.94. The van der Waals surface area contributed by atoms with Crippen LogP contribution in [0.25, 0.3) is 137 Å². The molecule has 0 aliphatic carbocycles. The second-order valence-corrected chi connectivity index (χ2v) is 26.3. The summed E-state index contributed by atoms with van der Waals surface area (Å²) in [5.74, 6) is 0. The van der Waals surface area contributed by atoms with Gasteiger partial charge in [0, 0.05) is 88.9 Å². The standard InChI is InChI=1S/2C34H24N2.C30H22N2/c1-2-9-24(10-3-1)25-17-20-28(21-18-25)36-33-16-7-6-14-30(33)31-23-27(19-22-34(31)36)35-32-15-8-12-26-11-4-5-13-29(26)32;1-2-8-24(9-3-1)26-15-19-30(20-16-26)36-33-13-7-6-12-31(33)32-23-29(18-21-34(32)36)35-28-17-14-25-10-4-5-11-27(25)22-28;1-3-9-22(10-4-1)23-15-18-26(19-16-23)32-29-14-8-7-13-27(29)28-21-25(17-20-30(28)32)31-24-11-5-2-6-12-24/h2*1-23,35H;1-21,31H. The Morgan fingerprint density at radius 2 is 0.452 bits per heavy atom. The topological polar surface area (TPSA) is 50.9 Å². The molecule has 0 radical (unpaired) electrons. The van der Waals surface area contributed by atoms with Gasteiger partial charge >= 0.3 is 0 Å². The highest BCUT2D eigenvalue weighted by Crippen LogP contribution is 2.40. The van der Waals surface area contributed by atoms with Crippen LogP contribution in [0.3, 0.4) is 0 Å². The Kier molecular flexibility index (Phi) is 16.6. The second kappa shape index (κ2) is 27.6. The lowest BCUT2D eigenvalue weighted by molar-refractivity contribution is 1.18. The summed E-state index contributed by atoms with van der Waals surface area (Å²) in [5.41, 5.74) is 24.7. The van der Waals surface area contributed by atoms with E-state index in [1.54, 1.807) is 0 Å². The van der Waals surface area contributed by atoms with Gasteiger partial charge in [-0.3, -0.25) is 0 Å². The SMILES string of the molecule is c1ccc(-c2ccc(-n3c4ccccc4c4cc(Nc5ccc6ccccc6c5)ccc43)cc2)cc1.c1ccc(-c2ccc(-n3c4ccccc4c4cc(Nc5cccc6ccccc56)ccc43)cc2)cc1.c1ccc(Nc2ccc3c(c2)c2ccccc2n3-c2ccc(-c3ccccc3)cc2)cc1. The van der Waals surface area contributed by atoms with E-state index in [2.05, 4.69) is 418 Å². The van der Waals surface area contributed by atoms with Crippen LogP contribution in [0, 0.1) is 0 Å². The van der Waals surface area contributed by atoms with Crippen LogP contribution in [0.2, 0.25) is 0 Å². The Morgan fingerprint density at radius 3 is 0.885 bits per heavy atom. The second-order valence-electron chi connectivity index (χ2n) is 26.3. The maximum Gasteiger partial charge on any atom is 0.0542 e. The van der Waals surface area contributed by atoms with Gasteiger partial charge in [-0.1, -0.05) is 267 Å². The molecule has 0 aliphatic heterocycles. The van der Waals surface area contributed by atoms with Gasteiger partial charge < -0.3 is 29.7 Å². The van der Waals surface area contributed by atoms with E-state index in [1.165, 1.54) is 126 Å². The molecule has 17 aromatic carbocycles. The Hall–Kier alpha value is -13.9. The first-order chi connectivity index (χ1) is 51.5. The number of para-hydroxylation sites is 4. The lowest BCUT2D eigenvalue weighted by atomic mass is 10.1. The van der Waals surface area contributed by atoms with Crippen molar-refractivity contribution in [3.63, 3.8) is 0 Å². The molecule has 0 spiro atoms. The molecule has 0 aliphatic rings. The van der Waals surface area contributed by atoms with Gasteiger partial charge in [0.15, 0.2) is 0 Å². The minimum absolute atomic E-state index is 1.08. The minimum Gasteiger partial charge on any atom is -0.356 e. The Bertz CT molecular complexity index is 6450. The zero-order valence-corrected chi connectivity index (χ0v) is 57.0. The number of anilines is 6. The van der Waals surface area contributed by atoms with Gasteiger partial charge in [0.1, 0.15) is 0 Å². The van der Waals surface area contributed by atoms with Gasteiger partial charge in [0.25, 0.3) is 0 Å². The summed E-state index contributed by atoms with van der Waals surface area (Å²) in [4.78, 5) is 0. The fourth-order valence-electron chi connectivity index (χ4n) is 14.9. The van der Waals surface area contributed by atoms with Crippen molar-refractivity contribution in [2.45, 2.75) is 0 Å². The zero-order chi connectivity index (χ0) is 69.1. The molecule has 3 heterocycles. The average Bonchev–Trinajstić information content (AvgIpc) is 1.61. The predicted octanol–water partition coefficient (Wildman–Crippen LogP) is 26.9. The van der Waals surface area contributed by atoms with E-state index >= 15 is 0 Å². The quantitative estimate of drug-likeness (QED) is 0.114. The molecule has 20 aromatic rings. The van der Waals surface area contributed by atoms with Gasteiger partial charge in [0.2, 0.25) is 0 Å². The molecule has 0 unspecified atom stereocenters. The monoisotopic (exact) mass is 1330 g/mol. The summed E-state index contributed by atoms with van der Waals surface area (Å²) >= 11 is 0. The molecule has 6 nitrogen and oxygen atoms in total. The Labute approximate surface area is 603 Å². The molecule has 3 N–H and O–H groups in total. The van der Waals surface area contributed by atoms with E-state index in [4.69, 9.17) is 0 Å². The average molecular weight is 1330 g/mol. The van der Waals surface area contributed by atoms with E-state index in [-0.39, 0.29) is 0 Å². The van der Waals surface area contributed by atoms with Crippen molar-refractivity contribution >= 4 is 121 Å². The van der Waals surface area contributed by atoms with Crippen LogP contribution in [0.1, 0.15) is 0 Å². The number of hydrogen-bond donors (Lipinski definition) is 3. The number of nitrogens with one attached hydrogen (secondary N) is 3. The molecular formula is C98H70N6. The highest BCUT2D eigenvalue weighted by Gasteiger charge is 2.18. The summed E-state index contributed by atoms with van der Waals surface area (Å²) in [6.07, 6.45) is 0. The number of fused-ring (bicyclic) bond motifs is 11. The third-order valence-electron chi connectivity index (χ3n) is 19.9. The summed E-state index contributed by atoms with van der Waals surface area (Å²) in [5, 5.41) is 23.2. The maximum absolute atomic E-state index is 3.67. The molecule has 0 fully saturated rings. The van der Waals surface area contributed by atoms with Crippen molar-refractivity contribution in [1.29, 1.82) is 0 Å². The number of aromatic nitrogens is 3. The van der Waals surface area contributed by atoms with E-state index < -0.39 is 0 Å². The van der Waals surface area contributed by atoms with Crippen LogP contribution in [0.5, 0.6) is 0 Å². The van der Waals surface area contributed by atoms with Gasteiger partial charge in [0.05, 0.1) is 33.1 Å². The molecule has 0 atom stereocenters. The molecule has 6 heteroatoms. The van der Waals surface area contributed by atoms with E-state index in [1.807, 2.05) is 18.2 Å². The first kappa shape index (κ1) is 62.3. The highest BCUT2D eigenvalue weighted by molar-refractivity contribution is 6.13. The van der Waals surface area contributed by atoms with Crippen molar-refractivity contribution in [2.24, 2.45) is 0 Å². The zero-order valence-electron chi connectivity index (χ0n) is 57.0. The smallest absolute Gasteiger partial charge is 0.0542 e. The summed E-state index contributed by atoms with van der Waals surface area (Å²) < 4.78 is 7.08. The van der Waals surface area contributed by atoms with Crippen LogP contribution in [-0.4, -0.2) is 13.7 Å². The number of hydrogen-bond acceptors (Lipinski definition) is 3. The van der Waals surface area contributed by atoms with Gasteiger partial charge in [-0.15, -0.1) is 0 Å². The maximum atomic E-state index is 3.67. The summed E-state index contributed by atoms with van der Waals surface area (Å²) in [6, 6.07) is 144. The van der Waals surface area contributed by atoms with Gasteiger partial charge in [-0.2, -0.15) is 0 Å². The van der Waals surface area contributed by atoms with Crippen molar-refractivity contribution in [2.75, 3.05) is 16.0 Å². The Morgan fingerprint density at radius 1 is 0.154 bits per heavy atom. The fraction of sp³-hybridized carbons (Fsp3) is 0. The molecule has 0 saturated carbocycles. The first-order valence-corrected chi connectivity index (χ1v) is 35.5. The minimum atomic E-state index is 1.08. The van der Waals surface area contributed by atoms with E-state index in [0.29, 0.717) is 0 Å². The molecule has 20 rings (SSSR count). The lowest BCUT2D eigenvalue weighted by Gasteiger charge is -2.11.